The van der Waals surface area contributed by atoms with E-state index in [1.807, 2.05) is 6.92 Å². The maximum atomic E-state index is 4.03. The molecule has 5 heteroatoms. The van der Waals surface area contributed by atoms with Gasteiger partial charge in [-0.1, -0.05) is 0 Å². The highest BCUT2D eigenvalue weighted by Crippen LogP contribution is 2.07. The molecule has 0 fully saturated rings. The van der Waals surface area contributed by atoms with Crippen LogP contribution in [0.25, 0.3) is 0 Å². The van der Waals surface area contributed by atoms with Crippen LogP contribution >= 0.6 is 11.5 Å². The van der Waals surface area contributed by atoms with Gasteiger partial charge in [0, 0.05) is 18.6 Å². The number of hydrogen-bond acceptors (Lipinski definition) is 5. The van der Waals surface area contributed by atoms with Gasteiger partial charge in [0.25, 0.3) is 0 Å². The molecule has 1 rings (SSSR count). The fourth-order valence-corrected chi connectivity index (χ4v) is 1.03. The van der Waals surface area contributed by atoms with Crippen molar-refractivity contribution in [2.24, 2.45) is 0 Å². The molecule has 0 aromatic carbocycles. The van der Waals surface area contributed by atoms with E-state index < -0.39 is 0 Å². The summed E-state index contributed by atoms with van der Waals surface area (Å²) < 4.78 is 3.96. The first kappa shape index (κ1) is 6.44. The molecule has 0 spiro atoms. The molecule has 1 heterocycles. The third-order valence-corrected chi connectivity index (χ3v) is 1.48. The summed E-state index contributed by atoms with van der Waals surface area (Å²) in [6.45, 7) is 1.86. The molecule has 4 nitrogen and oxygen atoms in total. The largest absolute Gasteiger partial charge is 0.296 e. The highest BCUT2D eigenvalue weighted by molar-refractivity contribution is 7.09. The van der Waals surface area contributed by atoms with Crippen LogP contribution in [0.1, 0.15) is 5.82 Å². The van der Waals surface area contributed by atoms with Crippen molar-refractivity contribution in [2.75, 3.05) is 12.5 Å². The fourth-order valence-electron chi connectivity index (χ4n) is 0.455. The lowest BCUT2D eigenvalue weighted by Crippen LogP contribution is -2.14. The van der Waals surface area contributed by atoms with Gasteiger partial charge in [-0.05, 0) is 6.92 Å². The second kappa shape index (κ2) is 2.75. The summed E-state index contributed by atoms with van der Waals surface area (Å²) in [6, 6.07) is 0. The van der Waals surface area contributed by atoms with Crippen molar-refractivity contribution in [1.82, 2.24) is 14.8 Å². The number of rotatable bonds is 2. The molecule has 0 atom stereocenters. The van der Waals surface area contributed by atoms with E-state index in [2.05, 4.69) is 20.2 Å². The first-order valence-electron chi connectivity index (χ1n) is 2.56. The minimum atomic E-state index is 0.801. The predicted octanol–water partition coefficient (Wildman–Crippen LogP) is 0.393. The molecule has 0 aliphatic rings. The lowest BCUT2D eigenvalue weighted by molar-refractivity contribution is 0.972. The van der Waals surface area contributed by atoms with Crippen LogP contribution in [0, 0.1) is 6.92 Å². The molecule has 2 N–H and O–H groups in total. The smallest absolute Gasteiger partial charge is 0.216 e. The summed E-state index contributed by atoms with van der Waals surface area (Å²) in [5, 5.41) is 0.801. The number of aromatic nitrogens is 2. The van der Waals surface area contributed by atoms with Gasteiger partial charge in [0.15, 0.2) is 0 Å². The van der Waals surface area contributed by atoms with E-state index in [0.29, 0.717) is 0 Å². The molecule has 0 saturated carbocycles. The quantitative estimate of drug-likeness (QED) is 0.590. The van der Waals surface area contributed by atoms with Gasteiger partial charge in [-0.25, -0.2) is 10.4 Å². The van der Waals surface area contributed by atoms with E-state index in [4.69, 9.17) is 0 Å². The van der Waals surface area contributed by atoms with Gasteiger partial charge < -0.3 is 0 Å². The Hall–Kier alpha value is -0.680. The van der Waals surface area contributed by atoms with E-state index in [9.17, 15) is 0 Å². The van der Waals surface area contributed by atoms with E-state index in [-0.39, 0.29) is 0 Å². The SMILES string of the molecule is CNNc1nc(C)ns1. The molecule has 0 radical (unpaired) electrons. The Bertz CT molecular complexity index is 184. The van der Waals surface area contributed by atoms with Gasteiger partial charge in [-0.2, -0.15) is 4.37 Å². The Kier molecular flexibility index (Phi) is 1.96. The van der Waals surface area contributed by atoms with Crippen molar-refractivity contribution in [3.05, 3.63) is 5.82 Å². The zero-order chi connectivity index (χ0) is 6.69. The van der Waals surface area contributed by atoms with Crippen LogP contribution in [0.4, 0.5) is 5.13 Å². The monoisotopic (exact) mass is 144 g/mol. The average molecular weight is 144 g/mol. The van der Waals surface area contributed by atoms with Gasteiger partial charge in [-0.3, -0.25) is 5.43 Å². The molecule has 0 unspecified atom stereocenters. The Morgan fingerprint density at radius 1 is 1.56 bits per heavy atom. The fraction of sp³-hybridized carbons (Fsp3) is 0.500. The molecule has 0 bridgehead atoms. The van der Waals surface area contributed by atoms with Crippen LogP contribution in [-0.4, -0.2) is 16.4 Å². The molecule has 0 aliphatic heterocycles. The molecule has 0 saturated heterocycles. The molecule has 9 heavy (non-hydrogen) atoms. The Morgan fingerprint density at radius 3 is 2.78 bits per heavy atom. The molecule has 1 aromatic heterocycles. The van der Waals surface area contributed by atoms with Crippen LogP contribution in [0.2, 0.25) is 0 Å². The number of hydrogen-bond donors (Lipinski definition) is 2. The van der Waals surface area contributed by atoms with Crippen molar-refractivity contribution < 1.29 is 0 Å². The van der Waals surface area contributed by atoms with Gasteiger partial charge in [-0.15, -0.1) is 0 Å². The highest BCUT2D eigenvalue weighted by atomic mass is 32.1. The summed E-state index contributed by atoms with van der Waals surface area (Å²) in [6.07, 6.45) is 0. The Morgan fingerprint density at radius 2 is 2.33 bits per heavy atom. The molecule has 50 valence electrons. The average Bonchev–Trinajstić information content (AvgIpc) is 2.17. The molecule has 0 amide bonds. The van der Waals surface area contributed by atoms with Crippen molar-refractivity contribution in [3.8, 4) is 0 Å². The van der Waals surface area contributed by atoms with E-state index in [1.54, 1.807) is 7.05 Å². The van der Waals surface area contributed by atoms with Crippen LogP contribution < -0.4 is 10.9 Å². The Balaban J connectivity index is 2.61. The summed E-state index contributed by atoms with van der Waals surface area (Å²) in [5.74, 6) is 0.803. The van der Waals surface area contributed by atoms with Gasteiger partial charge in [0.1, 0.15) is 5.82 Å². The maximum Gasteiger partial charge on any atom is 0.216 e. The predicted molar refractivity (Wildman–Crippen MR) is 37.3 cm³/mol. The second-order valence-electron chi connectivity index (χ2n) is 1.52. The zero-order valence-corrected chi connectivity index (χ0v) is 6.12. The van der Waals surface area contributed by atoms with Gasteiger partial charge >= 0.3 is 0 Å². The molecular formula is C4H8N4S. The zero-order valence-electron chi connectivity index (χ0n) is 5.30. The van der Waals surface area contributed by atoms with Crippen LogP contribution in [0.3, 0.4) is 0 Å². The molecular weight excluding hydrogens is 136 g/mol. The van der Waals surface area contributed by atoms with E-state index in [1.165, 1.54) is 11.5 Å². The first-order valence-corrected chi connectivity index (χ1v) is 3.33. The van der Waals surface area contributed by atoms with Crippen molar-refractivity contribution in [2.45, 2.75) is 6.92 Å². The maximum absolute atomic E-state index is 4.03. The third-order valence-electron chi connectivity index (χ3n) is 0.760. The number of hydrazine groups is 1. The van der Waals surface area contributed by atoms with E-state index >= 15 is 0 Å². The lowest BCUT2D eigenvalue weighted by atomic mass is 10.8. The normalized spacial score (nSPS) is 9.56. The second-order valence-corrected chi connectivity index (χ2v) is 2.27. The third kappa shape index (κ3) is 1.62. The highest BCUT2D eigenvalue weighted by Gasteiger charge is 1.94. The minimum Gasteiger partial charge on any atom is -0.296 e. The lowest BCUT2D eigenvalue weighted by Gasteiger charge is -1.93. The van der Waals surface area contributed by atoms with Gasteiger partial charge in [0.2, 0.25) is 5.13 Å². The number of nitrogens with zero attached hydrogens (tertiary/aromatic N) is 2. The van der Waals surface area contributed by atoms with Crippen LogP contribution in [-0.2, 0) is 0 Å². The Labute approximate surface area is 57.5 Å². The van der Waals surface area contributed by atoms with Crippen molar-refractivity contribution in [3.63, 3.8) is 0 Å². The topological polar surface area (TPSA) is 49.8 Å². The summed E-state index contributed by atoms with van der Waals surface area (Å²) in [5.41, 5.74) is 5.58. The van der Waals surface area contributed by atoms with Crippen molar-refractivity contribution >= 4 is 16.7 Å². The summed E-state index contributed by atoms with van der Waals surface area (Å²) >= 11 is 1.34. The standard InChI is InChI=1S/C4H8N4S/c1-3-6-4(7-5-2)9-8-3/h5H,1-2H3,(H,6,7,8). The van der Waals surface area contributed by atoms with Crippen LogP contribution in [0.5, 0.6) is 0 Å². The number of nitrogens with one attached hydrogen (secondary N) is 2. The van der Waals surface area contributed by atoms with E-state index in [0.717, 1.165) is 11.0 Å². The summed E-state index contributed by atoms with van der Waals surface area (Å²) in [4.78, 5) is 4.03. The van der Waals surface area contributed by atoms with Gasteiger partial charge in [0.05, 0.1) is 0 Å². The van der Waals surface area contributed by atoms with Crippen LogP contribution in [0.15, 0.2) is 0 Å². The number of anilines is 1. The molecule has 1 aromatic rings. The first-order chi connectivity index (χ1) is 4.33. The minimum absolute atomic E-state index is 0.801. The molecule has 0 aliphatic carbocycles. The van der Waals surface area contributed by atoms with Crippen molar-refractivity contribution in [1.29, 1.82) is 0 Å². The summed E-state index contributed by atoms with van der Waals surface area (Å²) in [7, 11) is 1.79. The number of aryl methyl sites for hydroxylation is 1.